The Hall–Kier alpha value is -2.71. The van der Waals surface area contributed by atoms with Crippen molar-refractivity contribution in [3.8, 4) is 5.75 Å². The lowest BCUT2D eigenvalue weighted by Gasteiger charge is -2.24. The number of alkyl halides is 3. The molecule has 0 bridgehead atoms. The van der Waals surface area contributed by atoms with Crippen molar-refractivity contribution in [2.75, 3.05) is 13.7 Å². The van der Waals surface area contributed by atoms with Crippen LogP contribution in [0.25, 0.3) is 0 Å². The minimum Gasteiger partial charge on any atom is -0.505 e. The molecule has 5 N–H and O–H groups in total. The van der Waals surface area contributed by atoms with Gasteiger partial charge in [-0.05, 0) is 87.0 Å². The summed E-state index contributed by atoms with van der Waals surface area (Å²) in [6.45, 7) is 14.2. The molecule has 3 aromatic rings. The van der Waals surface area contributed by atoms with E-state index in [0.29, 0.717) is 6.54 Å². The average molecular weight is 660 g/mol. The number of aryl methyl sites for hydroxylation is 2. The molecular formula is C35H51Cl2F3N2O2. The van der Waals surface area contributed by atoms with Gasteiger partial charge in [0.2, 0.25) is 0 Å². The fraction of sp³-hybridized carbons (Fsp3) is 0.429. The van der Waals surface area contributed by atoms with Crippen molar-refractivity contribution in [1.29, 1.82) is 0 Å². The summed E-state index contributed by atoms with van der Waals surface area (Å²) in [5, 5.41) is 9.13. The molecule has 248 valence electrons. The lowest BCUT2D eigenvalue weighted by Crippen LogP contribution is -2.20. The average Bonchev–Trinajstić information content (AvgIpc) is 3.02. The van der Waals surface area contributed by atoms with E-state index in [4.69, 9.17) is 44.5 Å². The van der Waals surface area contributed by atoms with E-state index in [2.05, 4.69) is 20.4 Å². The highest BCUT2D eigenvalue weighted by molar-refractivity contribution is 6.30. The molecule has 0 atom stereocenters. The molecule has 0 amide bonds. The van der Waals surface area contributed by atoms with Crippen molar-refractivity contribution >= 4 is 23.2 Å². The Morgan fingerprint density at radius 2 is 1.18 bits per heavy atom. The van der Waals surface area contributed by atoms with Crippen molar-refractivity contribution in [3.05, 3.63) is 112 Å². The Kier molecular flexibility index (Phi) is 25.3. The van der Waals surface area contributed by atoms with Gasteiger partial charge in [-0.3, -0.25) is 0 Å². The van der Waals surface area contributed by atoms with E-state index in [1.54, 1.807) is 7.11 Å². The smallest absolute Gasteiger partial charge is 0.448 e. The number of ether oxygens (including phenoxy) is 1. The molecule has 0 saturated heterocycles. The van der Waals surface area contributed by atoms with Crippen LogP contribution in [-0.4, -0.2) is 24.9 Å². The van der Waals surface area contributed by atoms with Crippen LogP contribution >= 0.6 is 23.2 Å². The van der Waals surface area contributed by atoms with Gasteiger partial charge < -0.3 is 21.3 Å². The number of hydrogen-bond donors (Lipinski definition) is 3. The summed E-state index contributed by atoms with van der Waals surface area (Å²) in [5.41, 5.74) is 14.5. The quantitative estimate of drug-likeness (QED) is 0.245. The zero-order chi connectivity index (χ0) is 34.1. The topological polar surface area (TPSA) is 81.5 Å². The molecule has 1 saturated carbocycles. The van der Waals surface area contributed by atoms with E-state index < -0.39 is 11.9 Å². The fourth-order valence-corrected chi connectivity index (χ4v) is 3.64. The van der Waals surface area contributed by atoms with Crippen LogP contribution in [0.1, 0.15) is 63.1 Å². The van der Waals surface area contributed by atoms with Gasteiger partial charge in [-0.15, -0.1) is 0 Å². The summed E-state index contributed by atoms with van der Waals surface area (Å²) in [6.07, 6.45) is 0.916. The SMILES string of the molecule is C=C(O)C(F)(F)F.CC.CC1CCC(CN)CC1.COc1ccc(C)cc1.Cc1ccc(Cl)cc1.NCc1ccc(Cl)cc1. The van der Waals surface area contributed by atoms with Crippen molar-refractivity contribution in [2.45, 2.75) is 73.0 Å². The van der Waals surface area contributed by atoms with Crippen LogP contribution in [0, 0.1) is 25.7 Å². The van der Waals surface area contributed by atoms with Gasteiger partial charge in [-0.25, -0.2) is 0 Å². The van der Waals surface area contributed by atoms with Crippen molar-refractivity contribution < 1.29 is 23.0 Å². The Balaban J connectivity index is 0. The maximum Gasteiger partial charge on any atom is 0.448 e. The largest absolute Gasteiger partial charge is 0.505 e. The summed E-state index contributed by atoms with van der Waals surface area (Å²) in [7, 11) is 1.67. The third-order valence-electron chi connectivity index (χ3n) is 6.21. The molecule has 1 fully saturated rings. The third kappa shape index (κ3) is 23.7. The minimum absolute atomic E-state index is 0.581. The normalized spacial score (nSPS) is 14.9. The van der Waals surface area contributed by atoms with Gasteiger partial charge in [0.1, 0.15) is 5.75 Å². The van der Waals surface area contributed by atoms with Gasteiger partial charge in [0.05, 0.1) is 7.11 Å². The molecule has 4 rings (SSSR count). The van der Waals surface area contributed by atoms with Gasteiger partial charge >= 0.3 is 6.18 Å². The second-order valence-corrected chi connectivity index (χ2v) is 10.8. The second-order valence-electron chi connectivity index (χ2n) is 9.95. The molecule has 3 aromatic carbocycles. The monoisotopic (exact) mass is 658 g/mol. The number of benzene rings is 3. The number of rotatable bonds is 3. The number of nitrogens with two attached hydrogens (primary N) is 2. The zero-order valence-corrected chi connectivity index (χ0v) is 28.4. The molecule has 0 unspecified atom stereocenters. The van der Waals surface area contributed by atoms with Crippen LogP contribution in [0.2, 0.25) is 10.0 Å². The summed E-state index contributed by atoms with van der Waals surface area (Å²) in [6, 6.07) is 23.2. The first-order valence-electron chi connectivity index (χ1n) is 14.6. The molecule has 1 aliphatic rings. The first-order valence-corrected chi connectivity index (χ1v) is 15.4. The maximum atomic E-state index is 10.8. The van der Waals surface area contributed by atoms with Crippen LogP contribution in [0.15, 0.2) is 85.1 Å². The highest BCUT2D eigenvalue weighted by atomic mass is 35.5. The Morgan fingerprint density at radius 1 is 0.818 bits per heavy atom. The highest BCUT2D eigenvalue weighted by Gasteiger charge is 2.31. The number of aliphatic hydroxyl groups is 1. The summed E-state index contributed by atoms with van der Waals surface area (Å²) in [5.74, 6) is 0.974. The van der Waals surface area contributed by atoms with E-state index >= 15 is 0 Å². The first-order chi connectivity index (χ1) is 20.7. The predicted molar refractivity (Wildman–Crippen MR) is 183 cm³/mol. The Bertz CT molecular complexity index is 1030. The van der Waals surface area contributed by atoms with Crippen LogP contribution in [0.3, 0.4) is 0 Å². The van der Waals surface area contributed by atoms with Crippen LogP contribution in [0.4, 0.5) is 13.2 Å². The predicted octanol–water partition coefficient (Wildman–Crippen LogP) is 10.9. The second kappa shape index (κ2) is 25.6. The lowest BCUT2D eigenvalue weighted by molar-refractivity contribution is -0.119. The van der Waals surface area contributed by atoms with E-state index in [1.807, 2.05) is 93.6 Å². The van der Waals surface area contributed by atoms with Crippen molar-refractivity contribution in [1.82, 2.24) is 0 Å². The standard InChI is InChI=1S/C8H17N.C8H10O.C7H8ClN.C7H7Cl.C3H3F3O.C2H6/c1-7-2-4-8(6-9)5-3-7;1-7-3-5-8(9-2)6-4-7;8-7-3-1-6(5-9)2-4-7;1-6-2-4-7(8)5-3-6;1-2(7)3(4,5)6;1-2/h7-8H,2-6,9H2,1H3;3-6H,1-2H3;1-4H,5,9H2;2-5H,1H3;7H,1H2;1-2H3. The van der Waals surface area contributed by atoms with Gasteiger partial charge in [0.15, 0.2) is 5.76 Å². The number of allylic oxidation sites excluding steroid dienone is 1. The van der Waals surface area contributed by atoms with Crippen LogP contribution in [0.5, 0.6) is 5.75 Å². The van der Waals surface area contributed by atoms with Gasteiger partial charge in [0, 0.05) is 16.6 Å². The molecular weight excluding hydrogens is 608 g/mol. The summed E-state index contributed by atoms with van der Waals surface area (Å²) >= 11 is 11.2. The van der Waals surface area contributed by atoms with Gasteiger partial charge in [0.25, 0.3) is 0 Å². The van der Waals surface area contributed by atoms with E-state index in [1.165, 1.54) is 36.8 Å². The minimum atomic E-state index is -4.64. The number of methoxy groups -OCH3 is 1. The fourth-order valence-electron chi connectivity index (χ4n) is 3.39. The van der Waals surface area contributed by atoms with Crippen molar-refractivity contribution in [3.63, 3.8) is 0 Å². The third-order valence-corrected chi connectivity index (χ3v) is 6.72. The Morgan fingerprint density at radius 3 is 1.48 bits per heavy atom. The zero-order valence-electron chi connectivity index (χ0n) is 26.9. The van der Waals surface area contributed by atoms with Crippen LogP contribution in [-0.2, 0) is 6.54 Å². The lowest BCUT2D eigenvalue weighted by atomic mass is 9.83. The summed E-state index contributed by atoms with van der Waals surface area (Å²) < 4.78 is 37.5. The van der Waals surface area contributed by atoms with Gasteiger partial charge in [-0.2, -0.15) is 13.2 Å². The molecule has 0 aliphatic heterocycles. The number of hydrogen-bond acceptors (Lipinski definition) is 4. The Labute approximate surface area is 273 Å². The number of halogens is 5. The molecule has 0 aromatic heterocycles. The highest BCUT2D eigenvalue weighted by Crippen LogP contribution is 2.27. The maximum absolute atomic E-state index is 10.8. The molecule has 9 heteroatoms. The number of aliphatic hydroxyl groups excluding tert-OH is 1. The first kappa shape index (κ1) is 43.4. The molecule has 1 aliphatic carbocycles. The molecule has 0 spiro atoms. The summed E-state index contributed by atoms with van der Waals surface area (Å²) in [4.78, 5) is 0. The van der Waals surface area contributed by atoms with E-state index in [9.17, 15) is 13.2 Å². The van der Waals surface area contributed by atoms with Gasteiger partial charge in [-0.1, -0.05) is 111 Å². The van der Waals surface area contributed by atoms with E-state index in [-0.39, 0.29) is 0 Å². The van der Waals surface area contributed by atoms with Crippen LogP contribution < -0.4 is 16.2 Å². The molecule has 4 nitrogen and oxygen atoms in total. The molecule has 44 heavy (non-hydrogen) atoms. The molecule has 0 radical (unpaired) electrons. The van der Waals surface area contributed by atoms with Crippen molar-refractivity contribution in [2.24, 2.45) is 23.3 Å². The molecule has 0 heterocycles. The van der Waals surface area contributed by atoms with E-state index in [0.717, 1.165) is 39.7 Å².